The first kappa shape index (κ1) is 12.3. The SMILES string of the molecule is O=S(=O)(NC1CCOCC1)c1ccc(O)cc1. The van der Waals surface area contributed by atoms with Crippen LogP contribution in [0.5, 0.6) is 5.75 Å². The molecule has 0 aromatic heterocycles. The molecular formula is C11H15NO4S. The predicted molar refractivity (Wildman–Crippen MR) is 62.3 cm³/mol. The van der Waals surface area contributed by atoms with Gasteiger partial charge in [-0.3, -0.25) is 0 Å². The Morgan fingerprint density at radius 2 is 1.76 bits per heavy atom. The maximum Gasteiger partial charge on any atom is 0.240 e. The minimum atomic E-state index is -3.49. The Labute approximate surface area is 100 Å². The van der Waals surface area contributed by atoms with Gasteiger partial charge in [-0.25, -0.2) is 13.1 Å². The summed E-state index contributed by atoms with van der Waals surface area (Å²) in [6, 6.07) is 5.42. The summed E-state index contributed by atoms with van der Waals surface area (Å²) in [7, 11) is -3.49. The zero-order valence-corrected chi connectivity index (χ0v) is 10.1. The first-order chi connectivity index (χ1) is 8.08. The van der Waals surface area contributed by atoms with Gasteiger partial charge in [-0.05, 0) is 37.1 Å². The summed E-state index contributed by atoms with van der Waals surface area (Å²) in [5.74, 6) is 0.0509. The molecule has 0 radical (unpaired) electrons. The second-order valence-corrected chi connectivity index (χ2v) is 5.72. The van der Waals surface area contributed by atoms with Gasteiger partial charge >= 0.3 is 0 Å². The molecule has 5 nitrogen and oxygen atoms in total. The number of aromatic hydroxyl groups is 1. The van der Waals surface area contributed by atoms with E-state index in [9.17, 15) is 8.42 Å². The van der Waals surface area contributed by atoms with Gasteiger partial charge in [-0.15, -0.1) is 0 Å². The van der Waals surface area contributed by atoms with Crippen molar-refractivity contribution in [3.8, 4) is 5.75 Å². The highest BCUT2D eigenvalue weighted by Gasteiger charge is 2.21. The summed E-state index contributed by atoms with van der Waals surface area (Å²) in [5, 5.41) is 9.11. The van der Waals surface area contributed by atoms with E-state index in [4.69, 9.17) is 9.84 Å². The summed E-state index contributed by atoms with van der Waals surface area (Å²) in [5.41, 5.74) is 0. The van der Waals surface area contributed by atoms with Crippen molar-refractivity contribution in [1.82, 2.24) is 4.72 Å². The molecule has 94 valence electrons. The lowest BCUT2D eigenvalue weighted by atomic mass is 10.1. The highest BCUT2D eigenvalue weighted by Crippen LogP contribution is 2.16. The molecular weight excluding hydrogens is 242 g/mol. The van der Waals surface area contributed by atoms with E-state index in [2.05, 4.69) is 4.72 Å². The Hall–Kier alpha value is -1.11. The van der Waals surface area contributed by atoms with E-state index >= 15 is 0 Å². The van der Waals surface area contributed by atoms with Crippen molar-refractivity contribution in [2.75, 3.05) is 13.2 Å². The summed E-state index contributed by atoms with van der Waals surface area (Å²) in [6.07, 6.45) is 1.38. The van der Waals surface area contributed by atoms with Crippen LogP contribution in [0.4, 0.5) is 0 Å². The van der Waals surface area contributed by atoms with Gasteiger partial charge in [-0.2, -0.15) is 0 Å². The van der Waals surface area contributed by atoms with Crippen LogP contribution in [0.3, 0.4) is 0 Å². The quantitative estimate of drug-likeness (QED) is 0.841. The lowest BCUT2D eigenvalue weighted by molar-refractivity contribution is 0.0832. The van der Waals surface area contributed by atoms with Crippen LogP contribution in [0, 0.1) is 0 Å². The minimum absolute atomic E-state index is 0.0509. The number of hydrogen-bond donors (Lipinski definition) is 2. The number of benzene rings is 1. The van der Waals surface area contributed by atoms with E-state index < -0.39 is 10.0 Å². The molecule has 17 heavy (non-hydrogen) atoms. The molecule has 2 rings (SSSR count). The molecule has 1 heterocycles. The molecule has 1 aliphatic rings. The number of hydrogen-bond acceptors (Lipinski definition) is 4. The summed E-state index contributed by atoms with van der Waals surface area (Å²) in [6.45, 7) is 1.17. The zero-order valence-electron chi connectivity index (χ0n) is 9.30. The zero-order chi connectivity index (χ0) is 12.3. The Kier molecular flexibility index (Phi) is 3.66. The monoisotopic (exact) mass is 257 g/mol. The third-order valence-electron chi connectivity index (χ3n) is 2.69. The first-order valence-corrected chi connectivity index (χ1v) is 6.95. The van der Waals surface area contributed by atoms with E-state index in [0.29, 0.717) is 26.1 Å². The van der Waals surface area contributed by atoms with Crippen LogP contribution >= 0.6 is 0 Å². The number of sulfonamides is 1. The molecule has 0 spiro atoms. The number of phenolic OH excluding ortho intramolecular Hbond substituents is 1. The van der Waals surface area contributed by atoms with Crippen molar-refractivity contribution in [2.24, 2.45) is 0 Å². The van der Waals surface area contributed by atoms with Crippen molar-refractivity contribution in [3.05, 3.63) is 24.3 Å². The van der Waals surface area contributed by atoms with Crippen LogP contribution in [0.25, 0.3) is 0 Å². The van der Waals surface area contributed by atoms with Crippen molar-refractivity contribution in [3.63, 3.8) is 0 Å². The minimum Gasteiger partial charge on any atom is -0.508 e. The maximum atomic E-state index is 12.0. The molecule has 0 unspecified atom stereocenters. The molecule has 0 amide bonds. The van der Waals surface area contributed by atoms with Crippen molar-refractivity contribution < 1.29 is 18.3 Å². The molecule has 1 aliphatic heterocycles. The summed E-state index contributed by atoms with van der Waals surface area (Å²) in [4.78, 5) is 0.168. The van der Waals surface area contributed by atoms with E-state index in [-0.39, 0.29) is 16.7 Å². The average Bonchev–Trinajstić information content (AvgIpc) is 2.30. The van der Waals surface area contributed by atoms with Crippen molar-refractivity contribution in [1.29, 1.82) is 0 Å². The predicted octanol–water partition coefficient (Wildman–Crippen LogP) is 0.849. The van der Waals surface area contributed by atoms with Gasteiger partial charge in [0, 0.05) is 19.3 Å². The highest BCUT2D eigenvalue weighted by molar-refractivity contribution is 7.89. The maximum absolute atomic E-state index is 12.0. The van der Waals surface area contributed by atoms with E-state index in [0.717, 1.165) is 0 Å². The van der Waals surface area contributed by atoms with Gasteiger partial charge in [0.1, 0.15) is 5.75 Å². The van der Waals surface area contributed by atoms with Crippen molar-refractivity contribution >= 4 is 10.0 Å². The van der Waals surface area contributed by atoms with E-state index in [1.807, 2.05) is 0 Å². The molecule has 0 aliphatic carbocycles. The number of ether oxygens (including phenoxy) is 1. The molecule has 0 bridgehead atoms. The average molecular weight is 257 g/mol. The van der Waals surface area contributed by atoms with Crippen LogP contribution in [0.15, 0.2) is 29.2 Å². The molecule has 2 N–H and O–H groups in total. The number of rotatable bonds is 3. The van der Waals surface area contributed by atoms with Crippen LogP contribution in [-0.4, -0.2) is 32.8 Å². The van der Waals surface area contributed by atoms with Gasteiger partial charge in [-0.1, -0.05) is 0 Å². The number of phenols is 1. The van der Waals surface area contributed by atoms with Gasteiger partial charge in [0.15, 0.2) is 0 Å². The first-order valence-electron chi connectivity index (χ1n) is 5.47. The van der Waals surface area contributed by atoms with Gasteiger partial charge in [0.25, 0.3) is 0 Å². The lowest BCUT2D eigenvalue weighted by Gasteiger charge is -2.22. The van der Waals surface area contributed by atoms with Gasteiger partial charge < -0.3 is 9.84 Å². The molecule has 0 saturated carbocycles. The Balaban J connectivity index is 2.10. The lowest BCUT2D eigenvalue weighted by Crippen LogP contribution is -2.38. The topological polar surface area (TPSA) is 75.6 Å². The molecule has 6 heteroatoms. The van der Waals surface area contributed by atoms with Crippen molar-refractivity contribution in [2.45, 2.75) is 23.8 Å². The van der Waals surface area contributed by atoms with E-state index in [1.54, 1.807) is 0 Å². The molecule has 1 saturated heterocycles. The van der Waals surface area contributed by atoms with Gasteiger partial charge in [0.05, 0.1) is 4.90 Å². The number of nitrogens with one attached hydrogen (secondary N) is 1. The largest absolute Gasteiger partial charge is 0.508 e. The Bertz CT molecular complexity index is 463. The normalized spacial score (nSPS) is 18.1. The standard InChI is InChI=1S/C11H15NO4S/c13-10-1-3-11(4-2-10)17(14,15)12-9-5-7-16-8-6-9/h1-4,9,12-13H,5-8H2. The second kappa shape index (κ2) is 5.03. The fourth-order valence-electron chi connectivity index (χ4n) is 1.73. The van der Waals surface area contributed by atoms with Crippen LogP contribution in [0.2, 0.25) is 0 Å². The highest BCUT2D eigenvalue weighted by atomic mass is 32.2. The van der Waals surface area contributed by atoms with Crippen LogP contribution < -0.4 is 4.72 Å². The molecule has 1 aromatic rings. The Morgan fingerprint density at radius 1 is 1.18 bits per heavy atom. The smallest absolute Gasteiger partial charge is 0.240 e. The Morgan fingerprint density at radius 3 is 2.35 bits per heavy atom. The fraction of sp³-hybridized carbons (Fsp3) is 0.455. The second-order valence-electron chi connectivity index (χ2n) is 4.00. The van der Waals surface area contributed by atoms with Crippen LogP contribution in [0.1, 0.15) is 12.8 Å². The third kappa shape index (κ3) is 3.18. The van der Waals surface area contributed by atoms with E-state index in [1.165, 1.54) is 24.3 Å². The summed E-state index contributed by atoms with van der Waals surface area (Å²) < 4.78 is 31.8. The summed E-state index contributed by atoms with van der Waals surface area (Å²) >= 11 is 0. The van der Waals surface area contributed by atoms with Crippen LogP contribution in [-0.2, 0) is 14.8 Å². The molecule has 1 fully saturated rings. The van der Waals surface area contributed by atoms with Gasteiger partial charge in [0.2, 0.25) is 10.0 Å². The fourth-order valence-corrected chi connectivity index (χ4v) is 3.03. The molecule has 0 atom stereocenters. The third-order valence-corrected chi connectivity index (χ3v) is 4.23. The molecule has 1 aromatic carbocycles.